The monoisotopic (exact) mass is 95.1 g/mol. The molecular formula is C6H9N. The fourth-order valence-electron chi connectivity index (χ4n) is 0.470. The van der Waals surface area contributed by atoms with Crippen LogP contribution in [-0.4, -0.2) is 0 Å². The Kier molecular flexibility index (Phi) is 0.895. The molecule has 0 bridgehead atoms. The van der Waals surface area contributed by atoms with E-state index in [1.54, 1.807) is 6.20 Å². The maximum atomic E-state index is 5.21. The Morgan fingerprint density at radius 2 is 2.29 bits per heavy atom. The van der Waals surface area contributed by atoms with Crippen molar-refractivity contribution in [3.8, 4) is 0 Å². The van der Waals surface area contributed by atoms with Gasteiger partial charge in [0.15, 0.2) is 0 Å². The highest BCUT2D eigenvalue weighted by atomic mass is 14.5. The molecule has 7 heavy (non-hydrogen) atoms. The van der Waals surface area contributed by atoms with Crippen molar-refractivity contribution >= 4 is 0 Å². The van der Waals surface area contributed by atoms with Crippen LogP contribution in [0.15, 0.2) is 23.9 Å². The van der Waals surface area contributed by atoms with Gasteiger partial charge in [0.2, 0.25) is 0 Å². The van der Waals surface area contributed by atoms with Gasteiger partial charge in [-0.2, -0.15) is 0 Å². The van der Waals surface area contributed by atoms with E-state index in [2.05, 4.69) is 12.2 Å². The van der Waals surface area contributed by atoms with Crippen LogP contribution in [0.5, 0.6) is 0 Å². The number of allylic oxidation sites excluding steroid dienone is 3. The molecule has 0 fully saturated rings. The van der Waals surface area contributed by atoms with E-state index in [0.29, 0.717) is 5.92 Å². The normalized spacial score (nSPS) is 20.4. The predicted octanol–water partition coefficient (Wildman–Crippen LogP) is 1.03. The van der Waals surface area contributed by atoms with Gasteiger partial charge in [0.25, 0.3) is 0 Å². The van der Waals surface area contributed by atoms with Crippen LogP contribution in [0.2, 0.25) is 0 Å². The van der Waals surface area contributed by atoms with E-state index in [1.807, 2.05) is 6.92 Å². The van der Waals surface area contributed by atoms with Crippen molar-refractivity contribution in [1.82, 2.24) is 0 Å². The van der Waals surface area contributed by atoms with E-state index in [4.69, 9.17) is 5.73 Å². The van der Waals surface area contributed by atoms with Crippen molar-refractivity contribution < 1.29 is 0 Å². The fraction of sp³-hybridized carbons (Fsp3) is 0.333. The van der Waals surface area contributed by atoms with Crippen LogP contribution >= 0.6 is 0 Å². The van der Waals surface area contributed by atoms with Gasteiger partial charge in [-0.25, -0.2) is 0 Å². The molecule has 2 N–H and O–H groups in total. The van der Waals surface area contributed by atoms with Gasteiger partial charge in [0.05, 0.1) is 0 Å². The maximum Gasteiger partial charge on any atom is 0.0172 e. The molecule has 0 heterocycles. The molecule has 0 saturated carbocycles. The Morgan fingerprint density at radius 3 is 2.43 bits per heavy atom. The Balaban J connectivity index is 2.40. The first-order chi connectivity index (χ1) is 3.34. The van der Waals surface area contributed by atoms with Gasteiger partial charge >= 0.3 is 0 Å². The molecule has 0 radical (unpaired) electrons. The van der Waals surface area contributed by atoms with Crippen LogP contribution < -0.4 is 5.73 Å². The molecule has 1 nitrogen and oxygen atoms in total. The molecule has 0 saturated heterocycles. The molecule has 0 amide bonds. The molecule has 0 atom stereocenters. The summed E-state index contributed by atoms with van der Waals surface area (Å²) in [7, 11) is 0. The summed E-state index contributed by atoms with van der Waals surface area (Å²) in [5.74, 6) is 0.602. The second kappa shape index (κ2) is 1.41. The van der Waals surface area contributed by atoms with Gasteiger partial charge in [-0.1, -0.05) is 12.2 Å². The van der Waals surface area contributed by atoms with E-state index < -0.39 is 0 Å². The van der Waals surface area contributed by atoms with Gasteiger partial charge in [0.1, 0.15) is 0 Å². The largest absolute Gasteiger partial charge is 0.405 e. The summed E-state index contributed by atoms with van der Waals surface area (Å²) in [5, 5.41) is 0. The number of rotatable bonds is 1. The van der Waals surface area contributed by atoms with Gasteiger partial charge in [-0.15, -0.1) is 0 Å². The molecule has 0 unspecified atom stereocenters. The summed E-state index contributed by atoms with van der Waals surface area (Å²) in [5.41, 5.74) is 6.46. The first kappa shape index (κ1) is 4.44. The second-order valence-corrected chi connectivity index (χ2v) is 1.82. The zero-order chi connectivity index (χ0) is 5.28. The predicted molar refractivity (Wildman–Crippen MR) is 30.6 cm³/mol. The summed E-state index contributed by atoms with van der Waals surface area (Å²) in [6.45, 7) is 2.03. The lowest BCUT2D eigenvalue weighted by atomic mass is 10.2. The minimum atomic E-state index is 0.602. The molecule has 38 valence electrons. The molecule has 1 rings (SSSR count). The summed E-state index contributed by atoms with van der Waals surface area (Å²) in [4.78, 5) is 0. The van der Waals surface area contributed by atoms with Crippen LogP contribution in [0.1, 0.15) is 6.92 Å². The van der Waals surface area contributed by atoms with Crippen molar-refractivity contribution in [3.05, 3.63) is 23.9 Å². The first-order valence-electron chi connectivity index (χ1n) is 2.41. The molecule has 0 aromatic rings. The number of nitrogens with two attached hydrogens (primary N) is 1. The minimum absolute atomic E-state index is 0.602. The first-order valence-corrected chi connectivity index (χ1v) is 2.41. The third kappa shape index (κ3) is 0.829. The zero-order valence-electron chi connectivity index (χ0n) is 4.39. The Bertz CT molecular complexity index is 116. The van der Waals surface area contributed by atoms with Crippen LogP contribution in [0.25, 0.3) is 0 Å². The molecule has 0 aliphatic heterocycles. The summed E-state index contributed by atoms with van der Waals surface area (Å²) < 4.78 is 0. The molecular weight excluding hydrogens is 86.1 g/mol. The Labute approximate surface area is 43.5 Å². The van der Waals surface area contributed by atoms with Gasteiger partial charge in [-0.05, 0) is 18.7 Å². The maximum absolute atomic E-state index is 5.21. The quantitative estimate of drug-likeness (QED) is 0.484. The average Bonchev–Trinajstić information content (AvgIpc) is 2.44. The summed E-state index contributed by atoms with van der Waals surface area (Å²) >= 11 is 0. The van der Waals surface area contributed by atoms with E-state index in [1.165, 1.54) is 5.57 Å². The fourth-order valence-corrected chi connectivity index (χ4v) is 0.470. The third-order valence-corrected chi connectivity index (χ3v) is 1.17. The number of hydrogen-bond donors (Lipinski definition) is 1. The lowest BCUT2D eigenvalue weighted by molar-refractivity contribution is 1.09. The van der Waals surface area contributed by atoms with Crippen LogP contribution in [0.3, 0.4) is 0 Å². The second-order valence-electron chi connectivity index (χ2n) is 1.82. The lowest BCUT2D eigenvalue weighted by Crippen LogP contribution is -1.85. The molecule has 0 aromatic carbocycles. The zero-order valence-corrected chi connectivity index (χ0v) is 4.39. The Morgan fingerprint density at radius 1 is 1.71 bits per heavy atom. The van der Waals surface area contributed by atoms with E-state index in [9.17, 15) is 0 Å². The topological polar surface area (TPSA) is 26.0 Å². The molecule has 1 heteroatoms. The smallest absolute Gasteiger partial charge is 0.0172 e. The van der Waals surface area contributed by atoms with E-state index in [0.717, 1.165) is 0 Å². The molecule has 0 aromatic heterocycles. The van der Waals surface area contributed by atoms with Crippen molar-refractivity contribution in [2.45, 2.75) is 6.92 Å². The SMILES string of the molecule is C/C(=C/N)C1C=C1. The van der Waals surface area contributed by atoms with Crippen LogP contribution in [0.4, 0.5) is 0 Å². The minimum Gasteiger partial charge on any atom is -0.405 e. The standard InChI is InChI=1S/C6H9N/c1-5(4-7)6-2-3-6/h2-4,6H,7H2,1H3/b5-4-. The molecule has 1 aliphatic rings. The third-order valence-electron chi connectivity index (χ3n) is 1.17. The molecule has 0 spiro atoms. The van der Waals surface area contributed by atoms with Crippen molar-refractivity contribution in [2.75, 3.05) is 0 Å². The van der Waals surface area contributed by atoms with Crippen LogP contribution in [0, 0.1) is 5.92 Å². The molecule has 1 aliphatic carbocycles. The summed E-state index contributed by atoms with van der Waals surface area (Å²) in [6.07, 6.45) is 5.90. The highest BCUT2D eigenvalue weighted by Gasteiger charge is 2.10. The number of hydrogen-bond acceptors (Lipinski definition) is 1. The Hall–Kier alpha value is -0.720. The van der Waals surface area contributed by atoms with Crippen LogP contribution in [-0.2, 0) is 0 Å². The van der Waals surface area contributed by atoms with Gasteiger partial charge in [-0.3, -0.25) is 0 Å². The van der Waals surface area contributed by atoms with Crippen molar-refractivity contribution in [2.24, 2.45) is 11.7 Å². The van der Waals surface area contributed by atoms with Gasteiger partial charge in [0, 0.05) is 5.92 Å². The van der Waals surface area contributed by atoms with Gasteiger partial charge < -0.3 is 5.73 Å². The van der Waals surface area contributed by atoms with Crippen molar-refractivity contribution in [3.63, 3.8) is 0 Å². The highest BCUT2D eigenvalue weighted by molar-refractivity contribution is 5.28. The lowest BCUT2D eigenvalue weighted by Gasteiger charge is -1.89. The summed E-state index contributed by atoms with van der Waals surface area (Å²) in [6, 6.07) is 0. The average molecular weight is 95.1 g/mol. The van der Waals surface area contributed by atoms with Crippen molar-refractivity contribution in [1.29, 1.82) is 0 Å². The van der Waals surface area contributed by atoms with E-state index >= 15 is 0 Å². The highest BCUT2D eigenvalue weighted by Crippen LogP contribution is 2.23. The van der Waals surface area contributed by atoms with E-state index in [-0.39, 0.29) is 0 Å².